The molecule has 1 aromatic carbocycles. The number of ketones is 4. The maximum absolute atomic E-state index is 13.7. The molecule has 248 valence electrons. The zero-order valence-corrected chi connectivity index (χ0v) is 27.1. The molecule has 1 amide bonds. The van der Waals surface area contributed by atoms with E-state index in [0.717, 1.165) is 6.08 Å². The van der Waals surface area contributed by atoms with Crippen LogP contribution in [0.2, 0.25) is 0 Å². The van der Waals surface area contributed by atoms with Gasteiger partial charge in [0.2, 0.25) is 5.78 Å². The minimum absolute atomic E-state index is 0.0762. The molecule has 1 aromatic rings. The summed E-state index contributed by atoms with van der Waals surface area (Å²) < 4.78 is 0. The lowest BCUT2D eigenvalue weighted by Crippen LogP contribution is -2.44. The van der Waals surface area contributed by atoms with Crippen molar-refractivity contribution in [1.82, 2.24) is 5.32 Å². The van der Waals surface area contributed by atoms with Gasteiger partial charge in [-0.15, -0.1) is 0 Å². The maximum Gasteiger partial charge on any atom is 0.251 e. The lowest BCUT2D eigenvalue weighted by Gasteiger charge is -2.33. The molecule has 3 aliphatic rings. The van der Waals surface area contributed by atoms with Crippen molar-refractivity contribution in [2.75, 3.05) is 6.61 Å². The highest BCUT2D eigenvalue weighted by atomic mass is 16.3. The molecule has 8 atom stereocenters. The van der Waals surface area contributed by atoms with Gasteiger partial charge in [-0.2, -0.15) is 0 Å². The summed E-state index contributed by atoms with van der Waals surface area (Å²) in [4.78, 5) is 66.7. The molecule has 0 fully saturated rings. The number of hydrogen-bond donors (Lipinski definition) is 6. The first-order valence-corrected chi connectivity index (χ1v) is 15.2. The van der Waals surface area contributed by atoms with Crippen molar-refractivity contribution >= 4 is 29.0 Å². The van der Waals surface area contributed by atoms with E-state index in [1.54, 1.807) is 13.0 Å². The van der Waals surface area contributed by atoms with Gasteiger partial charge >= 0.3 is 0 Å². The summed E-state index contributed by atoms with van der Waals surface area (Å²) in [6.07, 6.45) is 2.70. The van der Waals surface area contributed by atoms with Crippen LogP contribution in [0.1, 0.15) is 78.2 Å². The minimum Gasteiger partial charge on any atom is -0.507 e. The van der Waals surface area contributed by atoms with Crippen LogP contribution in [0.15, 0.2) is 53.3 Å². The molecule has 46 heavy (non-hydrogen) atoms. The lowest BCUT2D eigenvalue weighted by molar-refractivity contribution is -0.136. The number of allylic oxidation sites excluding steroid dienone is 5. The highest BCUT2D eigenvalue weighted by molar-refractivity contribution is 6.30. The van der Waals surface area contributed by atoms with Gasteiger partial charge in [-0.25, -0.2) is 0 Å². The van der Waals surface area contributed by atoms with Crippen molar-refractivity contribution in [3.8, 4) is 5.75 Å². The van der Waals surface area contributed by atoms with Gasteiger partial charge in [0.1, 0.15) is 11.5 Å². The largest absolute Gasteiger partial charge is 0.507 e. The Hall–Kier alpha value is -4.03. The summed E-state index contributed by atoms with van der Waals surface area (Å²) in [6, 6.07) is 1.26. The van der Waals surface area contributed by atoms with Crippen molar-refractivity contribution in [3.63, 3.8) is 0 Å². The summed E-state index contributed by atoms with van der Waals surface area (Å²) >= 11 is 0. The smallest absolute Gasteiger partial charge is 0.251 e. The third-order valence-electron chi connectivity index (χ3n) is 9.11. The molecule has 0 radical (unpaired) electrons. The van der Waals surface area contributed by atoms with E-state index in [-0.39, 0.29) is 33.5 Å². The predicted octanol–water partition coefficient (Wildman–Crippen LogP) is 2.53. The fourth-order valence-electron chi connectivity index (χ4n) is 5.86. The molecule has 6 N–H and O–H groups in total. The summed E-state index contributed by atoms with van der Waals surface area (Å²) in [7, 11) is 0. The fraction of sp³-hybridized carbons (Fsp3) is 0.457. The maximum atomic E-state index is 13.7. The van der Waals surface area contributed by atoms with E-state index in [1.165, 1.54) is 65.8 Å². The molecule has 4 rings (SSSR count). The Balaban J connectivity index is 2.19. The van der Waals surface area contributed by atoms with E-state index in [0.29, 0.717) is 0 Å². The van der Waals surface area contributed by atoms with Gasteiger partial charge in [-0.3, -0.25) is 24.0 Å². The van der Waals surface area contributed by atoms with E-state index >= 15 is 0 Å². The van der Waals surface area contributed by atoms with Crippen LogP contribution >= 0.6 is 0 Å². The number of nitrogens with one attached hydrogen (secondary N) is 1. The Morgan fingerprint density at radius 2 is 1.41 bits per heavy atom. The van der Waals surface area contributed by atoms with E-state index in [1.807, 2.05) is 0 Å². The molecule has 1 aliphatic carbocycles. The van der Waals surface area contributed by atoms with Crippen LogP contribution in [-0.2, 0) is 9.59 Å². The number of fused-ring (bicyclic) bond motifs is 15. The van der Waals surface area contributed by atoms with Crippen LogP contribution in [0.25, 0.3) is 0 Å². The van der Waals surface area contributed by atoms with E-state index < -0.39 is 94.9 Å². The molecule has 0 saturated carbocycles. The second kappa shape index (κ2) is 14.6. The first kappa shape index (κ1) is 36.4. The third kappa shape index (κ3) is 7.18. The summed E-state index contributed by atoms with van der Waals surface area (Å²) in [5.74, 6) is -8.61. The average Bonchev–Trinajstić information content (AvgIpc) is 3.03. The van der Waals surface area contributed by atoms with Crippen LogP contribution in [0.3, 0.4) is 0 Å². The number of hydrogen-bond acceptors (Lipinski definition) is 10. The van der Waals surface area contributed by atoms with E-state index in [4.69, 9.17) is 0 Å². The molecule has 2 aliphatic heterocycles. The van der Waals surface area contributed by atoms with Crippen molar-refractivity contribution < 1.29 is 49.5 Å². The molecule has 4 bridgehead atoms. The number of aryl methyl sites for hydroxylation is 1. The van der Waals surface area contributed by atoms with Crippen LogP contribution in [-0.4, -0.2) is 79.5 Å². The Labute approximate surface area is 268 Å². The number of Topliss-reactive ketones (excluding diaryl/α,β-unsaturated/α-hetero) is 3. The van der Waals surface area contributed by atoms with Crippen LogP contribution in [0, 0.1) is 36.5 Å². The number of phenols is 1. The summed E-state index contributed by atoms with van der Waals surface area (Å²) in [6.45, 7) is 9.78. The topological polar surface area (TPSA) is 199 Å². The number of amides is 1. The third-order valence-corrected chi connectivity index (χ3v) is 9.11. The van der Waals surface area contributed by atoms with Crippen LogP contribution in [0.5, 0.6) is 5.75 Å². The highest BCUT2D eigenvalue weighted by Gasteiger charge is 2.38. The second-order valence-corrected chi connectivity index (χ2v) is 12.5. The van der Waals surface area contributed by atoms with Gasteiger partial charge in [-0.1, -0.05) is 52.0 Å². The SMILES string of the molecule is CC1=CC=CC(C)C(O)C(C)C(=O)C(C)C(O)C(C)C(O)C(CO)C=C(C)C(=O)c2c(O)c(C)cc3c2C(=O)C=C(NC1=O)C3=O. The quantitative estimate of drug-likeness (QED) is 0.266. The lowest BCUT2D eigenvalue weighted by atomic mass is 9.77. The number of carbonyl (C=O) groups is 5. The van der Waals surface area contributed by atoms with Crippen molar-refractivity contribution in [1.29, 1.82) is 0 Å². The number of aliphatic hydroxyl groups is 4. The molecule has 2 heterocycles. The number of phenolic OH excluding ortho intramolecular Hbond substituents is 1. The summed E-state index contributed by atoms with van der Waals surface area (Å²) in [5, 5.41) is 56.6. The van der Waals surface area contributed by atoms with E-state index in [2.05, 4.69) is 5.32 Å². The molecule has 11 heteroatoms. The standard InChI is InChI=1S/C35H43NO10/c1-15-9-8-10-16(2)35(46)36-24-13-25(38)26-23(34(24)45)12-18(4)30(41)27(26)29(40)17(3)11-22(14-37)33(44)21(7)32(43)20(6)31(42)19(5)28(15)39/h8-13,15,19-22,28,32-33,37,39,41,43-44H,14H2,1-7H3,(H,36,46). The normalized spacial score (nSPS) is 30.5. The zero-order chi connectivity index (χ0) is 34.8. The Bertz CT molecular complexity index is 1560. The Morgan fingerprint density at radius 1 is 0.804 bits per heavy atom. The first-order valence-electron chi connectivity index (χ1n) is 15.2. The molecule has 0 saturated heterocycles. The molecular formula is C35H43NO10. The first-order chi connectivity index (χ1) is 21.4. The Kier molecular flexibility index (Phi) is 11.6. The molecule has 0 aromatic heterocycles. The molecule has 8 unspecified atom stereocenters. The van der Waals surface area contributed by atoms with E-state index in [9.17, 15) is 49.5 Å². The van der Waals surface area contributed by atoms with Gasteiger partial charge in [0, 0.05) is 52.4 Å². The van der Waals surface area contributed by atoms with Crippen molar-refractivity contribution in [3.05, 3.63) is 75.5 Å². The second-order valence-electron chi connectivity index (χ2n) is 12.5. The number of aromatic hydroxyl groups is 1. The van der Waals surface area contributed by atoms with Gasteiger partial charge < -0.3 is 30.8 Å². The average molecular weight is 638 g/mol. The monoisotopic (exact) mass is 637 g/mol. The Morgan fingerprint density at radius 3 is 2.02 bits per heavy atom. The number of aliphatic hydroxyl groups excluding tert-OH is 4. The predicted molar refractivity (Wildman–Crippen MR) is 169 cm³/mol. The number of rotatable bonds is 1. The van der Waals surface area contributed by atoms with Crippen molar-refractivity contribution in [2.24, 2.45) is 29.6 Å². The molecular weight excluding hydrogens is 594 g/mol. The fourth-order valence-corrected chi connectivity index (χ4v) is 5.86. The molecule has 11 nitrogen and oxygen atoms in total. The van der Waals surface area contributed by atoms with Crippen LogP contribution in [0.4, 0.5) is 0 Å². The van der Waals surface area contributed by atoms with Gasteiger partial charge in [0.15, 0.2) is 11.6 Å². The highest BCUT2D eigenvalue weighted by Crippen LogP contribution is 2.35. The summed E-state index contributed by atoms with van der Waals surface area (Å²) in [5.41, 5.74) is -1.11. The molecule has 0 spiro atoms. The number of benzene rings is 1. The van der Waals surface area contributed by atoms with Crippen LogP contribution < -0.4 is 5.32 Å². The van der Waals surface area contributed by atoms with Gasteiger partial charge in [0.25, 0.3) is 5.91 Å². The van der Waals surface area contributed by atoms with Gasteiger partial charge in [-0.05, 0) is 38.0 Å². The number of carbonyl (C=O) groups excluding carboxylic acids is 5. The minimum atomic E-state index is -1.44. The van der Waals surface area contributed by atoms with Crippen molar-refractivity contribution in [2.45, 2.75) is 66.8 Å². The van der Waals surface area contributed by atoms with Gasteiger partial charge in [0.05, 0.1) is 36.2 Å². The zero-order valence-electron chi connectivity index (χ0n) is 27.1.